The van der Waals surface area contributed by atoms with Crippen LogP contribution in [0.2, 0.25) is 5.02 Å². The summed E-state index contributed by atoms with van der Waals surface area (Å²) in [4.78, 5) is 12.9. The van der Waals surface area contributed by atoms with Gasteiger partial charge in [0.2, 0.25) is 5.95 Å². The van der Waals surface area contributed by atoms with E-state index < -0.39 is 0 Å². The van der Waals surface area contributed by atoms with Gasteiger partial charge in [0, 0.05) is 31.9 Å². The van der Waals surface area contributed by atoms with E-state index in [0.717, 1.165) is 49.2 Å². The van der Waals surface area contributed by atoms with Crippen LogP contribution in [0.15, 0.2) is 30.6 Å². The lowest BCUT2D eigenvalue weighted by atomic mass is 10.3. The van der Waals surface area contributed by atoms with Crippen molar-refractivity contribution in [3.63, 3.8) is 0 Å². The third-order valence-corrected chi connectivity index (χ3v) is 4.55. The predicted molar refractivity (Wildman–Crippen MR) is 100 cm³/mol. The van der Waals surface area contributed by atoms with Gasteiger partial charge in [-0.05, 0) is 32.0 Å². The molecule has 0 amide bonds. The van der Waals surface area contributed by atoms with Crippen molar-refractivity contribution in [2.75, 3.05) is 36.0 Å². The average Bonchev–Trinajstić information content (AvgIpc) is 3.01. The van der Waals surface area contributed by atoms with E-state index in [1.54, 1.807) is 12.4 Å². The molecule has 0 unspecified atom stereocenters. The molecule has 8 nitrogen and oxygen atoms in total. The number of aryl methyl sites for hydroxylation is 2. The summed E-state index contributed by atoms with van der Waals surface area (Å²) in [5.74, 6) is 2.31. The van der Waals surface area contributed by atoms with Gasteiger partial charge < -0.3 is 9.80 Å². The van der Waals surface area contributed by atoms with Crippen LogP contribution < -0.4 is 9.80 Å². The minimum Gasteiger partial charge on any atom is -0.352 e. The molecule has 0 spiro atoms. The summed E-state index contributed by atoms with van der Waals surface area (Å²) in [7, 11) is 0. The highest BCUT2D eigenvalue weighted by molar-refractivity contribution is 6.30. The van der Waals surface area contributed by atoms with E-state index in [2.05, 4.69) is 35.1 Å². The Morgan fingerprint density at radius 1 is 0.885 bits per heavy atom. The number of anilines is 2. The van der Waals surface area contributed by atoms with Crippen LogP contribution in [0, 0.1) is 13.8 Å². The van der Waals surface area contributed by atoms with Gasteiger partial charge in [-0.1, -0.05) is 11.6 Å². The van der Waals surface area contributed by atoms with E-state index in [-0.39, 0.29) is 0 Å². The molecule has 1 fully saturated rings. The van der Waals surface area contributed by atoms with Gasteiger partial charge in [-0.15, -0.1) is 10.2 Å². The van der Waals surface area contributed by atoms with Crippen LogP contribution in [0.3, 0.4) is 0 Å². The van der Waals surface area contributed by atoms with Crippen LogP contribution in [-0.4, -0.2) is 56.1 Å². The van der Waals surface area contributed by atoms with Crippen LogP contribution >= 0.6 is 11.6 Å². The summed E-state index contributed by atoms with van der Waals surface area (Å²) in [6.07, 6.45) is 3.25. The van der Waals surface area contributed by atoms with E-state index in [9.17, 15) is 0 Å². The van der Waals surface area contributed by atoms with Crippen LogP contribution in [0.25, 0.3) is 5.82 Å². The molecule has 1 aliphatic heterocycles. The van der Waals surface area contributed by atoms with Gasteiger partial charge in [0.15, 0.2) is 11.6 Å². The number of aromatic nitrogens is 6. The van der Waals surface area contributed by atoms with Crippen LogP contribution in [0.4, 0.5) is 11.8 Å². The Hall–Kier alpha value is -2.74. The molecular weight excluding hydrogens is 352 g/mol. The normalized spacial score (nSPS) is 14.7. The Balaban J connectivity index is 1.43. The van der Waals surface area contributed by atoms with E-state index in [1.807, 2.05) is 36.7 Å². The quantitative estimate of drug-likeness (QED) is 0.698. The van der Waals surface area contributed by atoms with Crippen LogP contribution in [-0.2, 0) is 0 Å². The zero-order valence-corrected chi connectivity index (χ0v) is 15.4. The molecule has 3 aromatic heterocycles. The smallest absolute Gasteiger partial charge is 0.225 e. The standard InChI is InChI=1S/C17H19ClN8/c1-12-9-13(2)26(23-12)16-4-3-15(21-22-16)24-5-7-25(8-6-24)17-19-10-14(18)11-20-17/h3-4,9-11H,5-8H2,1-2H3. The third kappa shape index (κ3) is 3.32. The Morgan fingerprint density at radius 3 is 2.08 bits per heavy atom. The van der Waals surface area contributed by atoms with Gasteiger partial charge >= 0.3 is 0 Å². The molecule has 4 heterocycles. The van der Waals surface area contributed by atoms with Crippen molar-refractivity contribution in [3.8, 4) is 5.82 Å². The summed E-state index contributed by atoms with van der Waals surface area (Å²) in [5.41, 5.74) is 2.01. The lowest BCUT2D eigenvalue weighted by molar-refractivity contribution is 0.630. The molecule has 134 valence electrons. The second-order valence-electron chi connectivity index (χ2n) is 6.26. The van der Waals surface area contributed by atoms with E-state index >= 15 is 0 Å². The number of halogens is 1. The minimum atomic E-state index is 0.547. The first-order chi connectivity index (χ1) is 12.6. The van der Waals surface area contributed by atoms with E-state index in [4.69, 9.17) is 11.6 Å². The summed E-state index contributed by atoms with van der Waals surface area (Å²) in [6.45, 7) is 7.29. The number of hydrogen-bond acceptors (Lipinski definition) is 7. The Labute approximate surface area is 156 Å². The molecule has 1 aliphatic rings. The van der Waals surface area contributed by atoms with Gasteiger partial charge in [0.05, 0.1) is 23.1 Å². The topological polar surface area (TPSA) is 75.9 Å². The number of rotatable bonds is 3. The first-order valence-electron chi connectivity index (χ1n) is 8.45. The number of piperazine rings is 1. The fourth-order valence-electron chi connectivity index (χ4n) is 3.06. The molecule has 0 saturated carbocycles. The molecule has 0 aromatic carbocycles. The van der Waals surface area contributed by atoms with Gasteiger partial charge in [-0.25, -0.2) is 14.6 Å². The van der Waals surface area contributed by atoms with Crippen molar-refractivity contribution < 1.29 is 0 Å². The van der Waals surface area contributed by atoms with Crippen molar-refractivity contribution in [1.82, 2.24) is 29.9 Å². The second kappa shape index (κ2) is 6.87. The van der Waals surface area contributed by atoms with Gasteiger partial charge in [0.1, 0.15) is 0 Å². The fraction of sp³-hybridized carbons (Fsp3) is 0.353. The summed E-state index contributed by atoms with van der Waals surface area (Å²) in [6, 6.07) is 5.97. The molecule has 0 aliphatic carbocycles. The molecule has 0 N–H and O–H groups in total. The molecular formula is C17H19ClN8. The molecule has 26 heavy (non-hydrogen) atoms. The summed E-state index contributed by atoms with van der Waals surface area (Å²) >= 11 is 5.85. The molecule has 4 rings (SSSR count). The van der Waals surface area contributed by atoms with E-state index in [0.29, 0.717) is 11.0 Å². The number of nitrogens with zero attached hydrogens (tertiary/aromatic N) is 8. The van der Waals surface area contributed by atoms with Crippen molar-refractivity contribution in [2.24, 2.45) is 0 Å². The van der Waals surface area contributed by atoms with Crippen LogP contribution in [0.1, 0.15) is 11.4 Å². The SMILES string of the molecule is Cc1cc(C)n(-c2ccc(N3CCN(c4ncc(Cl)cn4)CC3)nn2)n1. The highest BCUT2D eigenvalue weighted by Crippen LogP contribution is 2.18. The first kappa shape index (κ1) is 16.7. The molecule has 9 heteroatoms. The highest BCUT2D eigenvalue weighted by Gasteiger charge is 2.20. The minimum absolute atomic E-state index is 0.547. The molecule has 3 aromatic rings. The zero-order valence-electron chi connectivity index (χ0n) is 14.7. The zero-order chi connectivity index (χ0) is 18.1. The Morgan fingerprint density at radius 2 is 1.50 bits per heavy atom. The molecule has 0 atom stereocenters. The number of hydrogen-bond donors (Lipinski definition) is 0. The molecule has 0 radical (unpaired) electrons. The average molecular weight is 371 g/mol. The van der Waals surface area contributed by atoms with Crippen molar-refractivity contribution in [1.29, 1.82) is 0 Å². The lowest BCUT2D eigenvalue weighted by Gasteiger charge is -2.35. The van der Waals surface area contributed by atoms with Gasteiger partial charge in [-0.2, -0.15) is 5.10 Å². The predicted octanol–water partition coefficient (Wildman–Crippen LogP) is 2.05. The maximum absolute atomic E-state index is 5.85. The highest BCUT2D eigenvalue weighted by atomic mass is 35.5. The summed E-state index contributed by atoms with van der Waals surface area (Å²) < 4.78 is 1.81. The first-order valence-corrected chi connectivity index (χ1v) is 8.83. The molecule has 1 saturated heterocycles. The molecule has 0 bridgehead atoms. The monoisotopic (exact) mass is 370 g/mol. The lowest BCUT2D eigenvalue weighted by Crippen LogP contribution is -2.47. The largest absolute Gasteiger partial charge is 0.352 e. The van der Waals surface area contributed by atoms with Crippen molar-refractivity contribution in [2.45, 2.75) is 13.8 Å². The third-order valence-electron chi connectivity index (χ3n) is 4.36. The summed E-state index contributed by atoms with van der Waals surface area (Å²) in [5, 5.41) is 13.7. The Kier molecular flexibility index (Phi) is 4.42. The fourth-order valence-corrected chi connectivity index (χ4v) is 3.16. The van der Waals surface area contributed by atoms with E-state index in [1.165, 1.54) is 0 Å². The van der Waals surface area contributed by atoms with Crippen molar-refractivity contribution in [3.05, 3.63) is 47.0 Å². The Bertz CT molecular complexity index is 882. The maximum atomic E-state index is 5.85. The van der Waals surface area contributed by atoms with Crippen LogP contribution in [0.5, 0.6) is 0 Å². The maximum Gasteiger partial charge on any atom is 0.225 e. The second-order valence-corrected chi connectivity index (χ2v) is 6.70. The van der Waals surface area contributed by atoms with Gasteiger partial charge in [-0.3, -0.25) is 0 Å². The van der Waals surface area contributed by atoms with Crippen molar-refractivity contribution >= 4 is 23.4 Å². The van der Waals surface area contributed by atoms with Gasteiger partial charge in [0.25, 0.3) is 0 Å².